The third-order valence-electron chi connectivity index (χ3n) is 4.80. The minimum atomic E-state index is -0.538. The summed E-state index contributed by atoms with van der Waals surface area (Å²) in [5.41, 5.74) is 1.16. The molecule has 0 N–H and O–H groups in total. The lowest BCUT2D eigenvalue weighted by molar-refractivity contribution is -0.147. The number of benzene rings is 1. The fourth-order valence-electron chi connectivity index (χ4n) is 3.08. The van der Waals surface area contributed by atoms with Gasteiger partial charge in [0.05, 0.1) is 20.2 Å². The molecule has 2 aromatic rings. The number of methoxy groups -OCH3 is 1. The van der Waals surface area contributed by atoms with Crippen molar-refractivity contribution in [2.75, 3.05) is 26.7 Å². The number of rotatable bonds is 11. The molecule has 1 heterocycles. The van der Waals surface area contributed by atoms with Crippen LogP contribution >= 0.6 is 0 Å². The highest BCUT2D eigenvalue weighted by molar-refractivity contribution is 5.80. The molecule has 0 fully saturated rings. The van der Waals surface area contributed by atoms with Crippen LogP contribution in [-0.2, 0) is 27.3 Å². The van der Waals surface area contributed by atoms with Crippen LogP contribution in [0.5, 0.6) is 0 Å². The number of nitrogens with zero attached hydrogens (tertiary/aromatic N) is 2. The zero-order valence-electron chi connectivity index (χ0n) is 17.5. The van der Waals surface area contributed by atoms with Gasteiger partial charge in [-0.05, 0) is 38.0 Å². The van der Waals surface area contributed by atoms with Gasteiger partial charge in [-0.25, -0.2) is 0 Å². The van der Waals surface area contributed by atoms with Gasteiger partial charge in [0.15, 0.2) is 0 Å². The Morgan fingerprint density at radius 1 is 1.21 bits per heavy atom. The summed E-state index contributed by atoms with van der Waals surface area (Å²) in [6.45, 7) is 8.78. The van der Waals surface area contributed by atoms with Gasteiger partial charge in [-0.2, -0.15) is 0 Å². The monoisotopic (exact) mass is 398 g/mol. The summed E-state index contributed by atoms with van der Waals surface area (Å²) in [6.07, 6.45) is 2.41. The van der Waals surface area contributed by atoms with Crippen molar-refractivity contribution in [1.82, 2.24) is 9.80 Å². The molecular weight excluding hydrogens is 368 g/mol. The van der Waals surface area contributed by atoms with Gasteiger partial charge in [0.1, 0.15) is 17.6 Å². The molecule has 0 bridgehead atoms. The maximum absolute atomic E-state index is 13.1. The largest absolute Gasteiger partial charge is 0.468 e. The first-order valence-corrected chi connectivity index (χ1v) is 9.74. The number of ether oxygens (including phenoxy) is 1. The normalized spacial score (nSPS) is 11.9. The molecule has 156 valence electrons. The molecule has 0 radical (unpaired) electrons. The summed E-state index contributed by atoms with van der Waals surface area (Å²) < 4.78 is 10.5. The number of furan rings is 1. The minimum absolute atomic E-state index is 0.0763. The number of carbonyl (C=O) groups excluding carboxylic acids is 2. The van der Waals surface area contributed by atoms with Crippen LogP contribution < -0.4 is 0 Å². The van der Waals surface area contributed by atoms with Gasteiger partial charge < -0.3 is 14.1 Å². The van der Waals surface area contributed by atoms with Crippen LogP contribution in [0.1, 0.15) is 24.0 Å². The Balaban J connectivity index is 2.12. The second-order valence-electron chi connectivity index (χ2n) is 6.98. The Bertz CT molecular complexity index is 800. The first-order chi connectivity index (χ1) is 13.9. The maximum atomic E-state index is 13.1. The fourth-order valence-corrected chi connectivity index (χ4v) is 3.08. The summed E-state index contributed by atoms with van der Waals surface area (Å²) in [4.78, 5) is 28.6. The molecule has 1 atom stereocenters. The number of aryl methyl sites for hydroxylation is 1. The molecule has 0 aliphatic rings. The second-order valence-corrected chi connectivity index (χ2v) is 6.98. The molecule has 0 saturated carbocycles. The van der Waals surface area contributed by atoms with Gasteiger partial charge in [-0.1, -0.05) is 36.4 Å². The molecule has 29 heavy (non-hydrogen) atoms. The molecule has 1 aromatic carbocycles. The summed E-state index contributed by atoms with van der Waals surface area (Å²) >= 11 is 0. The molecule has 2 rings (SSSR count). The topological polar surface area (TPSA) is 63.0 Å². The van der Waals surface area contributed by atoms with Crippen molar-refractivity contribution in [1.29, 1.82) is 0 Å². The van der Waals surface area contributed by atoms with Gasteiger partial charge >= 0.3 is 5.97 Å². The van der Waals surface area contributed by atoms with Crippen molar-refractivity contribution in [3.8, 4) is 0 Å². The van der Waals surface area contributed by atoms with E-state index in [1.807, 2.05) is 49.4 Å². The summed E-state index contributed by atoms with van der Waals surface area (Å²) in [7, 11) is 1.35. The van der Waals surface area contributed by atoms with Gasteiger partial charge in [0.25, 0.3) is 0 Å². The molecule has 0 spiro atoms. The van der Waals surface area contributed by atoms with Crippen LogP contribution in [0, 0.1) is 6.92 Å². The van der Waals surface area contributed by atoms with E-state index in [9.17, 15) is 9.59 Å². The average molecular weight is 399 g/mol. The highest BCUT2D eigenvalue weighted by atomic mass is 16.5. The van der Waals surface area contributed by atoms with E-state index in [1.165, 1.54) is 7.11 Å². The predicted molar refractivity (Wildman–Crippen MR) is 112 cm³/mol. The smallest absolute Gasteiger partial charge is 0.322 e. The standard InChI is InChI=1S/C23H30N2O4/c1-5-14-24(19(3)23(27)28-4)17-22(26)25(16-21-12-11-18(2)29-21)15-13-20-9-7-6-8-10-20/h5-12,19H,1,13-17H2,2-4H3. The number of hydrogen-bond acceptors (Lipinski definition) is 5. The molecule has 0 aliphatic heterocycles. The summed E-state index contributed by atoms with van der Waals surface area (Å²) in [5, 5.41) is 0. The first kappa shape index (κ1) is 22.4. The predicted octanol–water partition coefficient (Wildman–Crippen LogP) is 3.21. The van der Waals surface area contributed by atoms with Crippen LogP contribution in [0.2, 0.25) is 0 Å². The molecule has 0 aliphatic carbocycles. The van der Waals surface area contributed by atoms with Crippen LogP contribution in [0.15, 0.2) is 59.5 Å². The fraction of sp³-hybridized carbons (Fsp3) is 0.391. The van der Waals surface area contributed by atoms with E-state index >= 15 is 0 Å². The quantitative estimate of drug-likeness (QED) is 0.430. The third-order valence-corrected chi connectivity index (χ3v) is 4.80. The van der Waals surface area contributed by atoms with Gasteiger partial charge in [0.2, 0.25) is 5.91 Å². The van der Waals surface area contributed by atoms with Crippen LogP contribution in [-0.4, -0.2) is 54.5 Å². The van der Waals surface area contributed by atoms with E-state index in [4.69, 9.17) is 9.15 Å². The lowest BCUT2D eigenvalue weighted by atomic mass is 10.1. The lowest BCUT2D eigenvalue weighted by Crippen LogP contribution is -2.47. The van der Waals surface area contributed by atoms with Crippen molar-refractivity contribution in [2.45, 2.75) is 32.9 Å². The highest BCUT2D eigenvalue weighted by Crippen LogP contribution is 2.12. The molecule has 0 saturated heterocycles. The van der Waals surface area contributed by atoms with Crippen molar-refractivity contribution in [2.24, 2.45) is 0 Å². The Kier molecular flexibility index (Phi) is 8.68. The van der Waals surface area contributed by atoms with Gasteiger partial charge in [-0.3, -0.25) is 14.5 Å². The van der Waals surface area contributed by atoms with E-state index in [2.05, 4.69) is 6.58 Å². The Labute approximate surface area is 172 Å². The Hall–Kier alpha value is -2.86. The number of hydrogen-bond donors (Lipinski definition) is 0. The minimum Gasteiger partial charge on any atom is -0.468 e. The highest BCUT2D eigenvalue weighted by Gasteiger charge is 2.25. The SMILES string of the molecule is C=CCN(CC(=O)N(CCc1ccccc1)Cc1ccc(C)o1)C(C)C(=O)OC. The third kappa shape index (κ3) is 6.91. The molecule has 6 nitrogen and oxygen atoms in total. The van der Waals surface area contributed by atoms with Gasteiger partial charge in [-0.15, -0.1) is 6.58 Å². The lowest BCUT2D eigenvalue weighted by Gasteiger charge is -2.29. The summed E-state index contributed by atoms with van der Waals surface area (Å²) in [6, 6.07) is 13.3. The second kappa shape index (κ2) is 11.2. The van der Waals surface area contributed by atoms with Crippen molar-refractivity contribution in [3.05, 3.63) is 72.2 Å². The first-order valence-electron chi connectivity index (χ1n) is 9.74. The van der Waals surface area contributed by atoms with E-state index in [1.54, 1.807) is 22.8 Å². The molecule has 1 unspecified atom stereocenters. The maximum Gasteiger partial charge on any atom is 0.322 e. The van der Waals surface area contributed by atoms with Gasteiger partial charge in [0, 0.05) is 13.1 Å². The van der Waals surface area contributed by atoms with E-state index in [-0.39, 0.29) is 18.4 Å². The zero-order valence-corrected chi connectivity index (χ0v) is 17.5. The van der Waals surface area contributed by atoms with E-state index in [0.717, 1.165) is 23.5 Å². The van der Waals surface area contributed by atoms with Crippen molar-refractivity contribution >= 4 is 11.9 Å². The number of amides is 1. The van der Waals surface area contributed by atoms with E-state index in [0.29, 0.717) is 19.6 Å². The summed E-state index contributed by atoms with van der Waals surface area (Å²) in [5.74, 6) is 1.09. The van der Waals surface area contributed by atoms with E-state index < -0.39 is 6.04 Å². The Morgan fingerprint density at radius 2 is 1.93 bits per heavy atom. The molecule has 1 amide bonds. The molecular formula is C23H30N2O4. The van der Waals surface area contributed by atoms with Crippen LogP contribution in [0.25, 0.3) is 0 Å². The Morgan fingerprint density at radius 3 is 2.52 bits per heavy atom. The number of carbonyl (C=O) groups is 2. The average Bonchev–Trinajstić information content (AvgIpc) is 3.14. The molecule has 1 aromatic heterocycles. The molecule has 6 heteroatoms. The van der Waals surface area contributed by atoms with Crippen LogP contribution in [0.3, 0.4) is 0 Å². The van der Waals surface area contributed by atoms with Crippen LogP contribution in [0.4, 0.5) is 0 Å². The van der Waals surface area contributed by atoms with Crippen molar-refractivity contribution < 1.29 is 18.7 Å². The van der Waals surface area contributed by atoms with Crippen molar-refractivity contribution in [3.63, 3.8) is 0 Å². The zero-order chi connectivity index (χ0) is 21.2. The number of esters is 1.